The summed E-state index contributed by atoms with van der Waals surface area (Å²) < 4.78 is 5.67. The van der Waals surface area contributed by atoms with Gasteiger partial charge in [0.15, 0.2) is 0 Å². The van der Waals surface area contributed by atoms with Crippen LogP contribution in [-0.2, 0) is 0 Å². The predicted octanol–water partition coefficient (Wildman–Crippen LogP) is 3.78. The van der Waals surface area contributed by atoms with Crippen LogP contribution in [0.15, 0.2) is 35.4 Å². The van der Waals surface area contributed by atoms with Gasteiger partial charge in [0, 0.05) is 13.0 Å². The number of nitrogens with zero attached hydrogens (tertiary/aromatic N) is 3. The molecule has 0 saturated heterocycles. The Morgan fingerprint density at radius 3 is 2.52 bits per heavy atom. The number of hydrogen-bond donors (Lipinski definition) is 0. The average Bonchev–Trinajstić information content (AvgIpc) is 2.61. The summed E-state index contributed by atoms with van der Waals surface area (Å²) in [6.45, 7) is 6.90. The largest absolute Gasteiger partial charge is 0.492 e. The summed E-state index contributed by atoms with van der Waals surface area (Å²) in [5, 5.41) is 0.733. The number of aryl methyl sites for hydroxylation is 1. The molecule has 0 aliphatic heterocycles. The number of ether oxygens (including phenoxy) is 1. The van der Waals surface area contributed by atoms with E-state index in [-0.39, 0.29) is 11.8 Å². The van der Waals surface area contributed by atoms with Crippen molar-refractivity contribution < 1.29 is 9.53 Å². The third kappa shape index (κ3) is 4.95. The van der Waals surface area contributed by atoms with Gasteiger partial charge in [0.05, 0.1) is 17.8 Å². The SMILES string of the molecule is CSc1nc(C(C)C)nc(C)c1C(=O)N(C)CCOc1ccccc1. The van der Waals surface area contributed by atoms with Gasteiger partial charge in [-0.1, -0.05) is 32.0 Å². The Morgan fingerprint density at radius 1 is 1.24 bits per heavy atom. The van der Waals surface area contributed by atoms with Gasteiger partial charge >= 0.3 is 0 Å². The van der Waals surface area contributed by atoms with E-state index in [1.807, 2.05) is 57.4 Å². The molecule has 25 heavy (non-hydrogen) atoms. The first-order valence-corrected chi connectivity index (χ1v) is 9.52. The van der Waals surface area contributed by atoms with Gasteiger partial charge in [0.2, 0.25) is 0 Å². The van der Waals surface area contributed by atoms with Gasteiger partial charge in [-0.3, -0.25) is 4.79 Å². The number of benzene rings is 1. The summed E-state index contributed by atoms with van der Waals surface area (Å²) in [6, 6.07) is 9.58. The van der Waals surface area contributed by atoms with Crippen molar-refractivity contribution >= 4 is 17.7 Å². The second-order valence-electron chi connectivity index (χ2n) is 6.09. The van der Waals surface area contributed by atoms with E-state index in [0.29, 0.717) is 18.7 Å². The van der Waals surface area contributed by atoms with Crippen LogP contribution in [0.5, 0.6) is 5.75 Å². The van der Waals surface area contributed by atoms with E-state index in [9.17, 15) is 4.79 Å². The maximum atomic E-state index is 12.8. The minimum atomic E-state index is -0.0752. The fourth-order valence-corrected chi connectivity index (χ4v) is 2.95. The van der Waals surface area contributed by atoms with Crippen LogP contribution >= 0.6 is 11.8 Å². The molecule has 0 spiro atoms. The lowest BCUT2D eigenvalue weighted by Crippen LogP contribution is -2.32. The highest BCUT2D eigenvalue weighted by atomic mass is 32.2. The summed E-state index contributed by atoms with van der Waals surface area (Å²) in [7, 11) is 1.77. The molecule has 0 fully saturated rings. The summed E-state index contributed by atoms with van der Waals surface area (Å²) in [6.07, 6.45) is 1.93. The lowest BCUT2D eigenvalue weighted by Gasteiger charge is -2.20. The topological polar surface area (TPSA) is 55.3 Å². The average molecular weight is 359 g/mol. The van der Waals surface area contributed by atoms with Crippen molar-refractivity contribution in [2.75, 3.05) is 26.5 Å². The molecule has 6 heteroatoms. The van der Waals surface area contributed by atoms with Gasteiger partial charge < -0.3 is 9.64 Å². The lowest BCUT2D eigenvalue weighted by molar-refractivity contribution is 0.0768. The van der Waals surface area contributed by atoms with Crippen molar-refractivity contribution in [2.24, 2.45) is 0 Å². The van der Waals surface area contributed by atoms with Crippen LogP contribution in [0.4, 0.5) is 0 Å². The highest BCUT2D eigenvalue weighted by molar-refractivity contribution is 7.98. The van der Waals surface area contributed by atoms with Crippen LogP contribution in [-0.4, -0.2) is 47.2 Å². The molecule has 2 aromatic rings. The number of carbonyl (C=O) groups excluding carboxylic acids is 1. The fraction of sp³-hybridized carbons (Fsp3) is 0.421. The molecule has 0 aliphatic carbocycles. The number of hydrogen-bond acceptors (Lipinski definition) is 5. The number of carbonyl (C=O) groups is 1. The van der Waals surface area contributed by atoms with Crippen molar-refractivity contribution in [1.82, 2.24) is 14.9 Å². The molecule has 1 amide bonds. The molecule has 0 N–H and O–H groups in total. The molecular formula is C19H25N3O2S. The zero-order valence-corrected chi connectivity index (χ0v) is 16.3. The molecular weight excluding hydrogens is 334 g/mol. The summed E-state index contributed by atoms with van der Waals surface area (Å²) >= 11 is 1.48. The molecule has 134 valence electrons. The normalized spacial score (nSPS) is 10.8. The Kier molecular flexibility index (Phi) is 6.82. The second-order valence-corrected chi connectivity index (χ2v) is 6.89. The van der Waals surface area contributed by atoms with E-state index in [4.69, 9.17) is 4.74 Å². The van der Waals surface area contributed by atoms with Gasteiger partial charge in [-0.2, -0.15) is 0 Å². The van der Waals surface area contributed by atoms with Gasteiger partial charge in [0.25, 0.3) is 5.91 Å². The Bertz CT molecular complexity index is 720. The molecule has 0 radical (unpaired) electrons. The van der Waals surface area contributed by atoms with Gasteiger partial charge in [-0.25, -0.2) is 9.97 Å². The number of thioether (sulfide) groups is 1. The smallest absolute Gasteiger partial charge is 0.258 e. The van der Waals surface area contributed by atoms with Crippen molar-refractivity contribution in [1.29, 1.82) is 0 Å². The number of amides is 1. The number of aromatic nitrogens is 2. The molecule has 0 unspecified atom stereocenters. The second kappa shape index (κ2) is 8.85. The monoisotopic (exact) mass is 359 g/mol. The van der Waals surface area contributed by atoms with E-state index in [1.54, 1.807) is 11.9 Å². The molecule has 1 aromatic heterocycles. The van der Waals surface area contributed by atoms with Crippen LogP contribution in [0.3, 0.4) is 0 Å². The first-order valence-electron chi connectivity index (χ1n) is 8.29. The molecule has 1 heterocycles. The highest BCUT2D eigenvalue weighted by Gasteiger charge is 2.22. The molecule has 5 nitrogen and oxygen atoms in total. The van der Waals surface area contributed by atoms with E-state index in [0.717, 1.165) is 22.3 Å². The van der Waals surface area contributed by atoms with Crippen molar-refractivity contribution in [3.8, 4) is 5.75 Å². The highest BCUT2D eigenvalue weighted by Crippen LogP contribution is 2.24. The first kappa shape index (κ1) is 19.2. The fourth-order valence-electron chi connectivity index (χ4n) is 2.33. The Balaban J connectivity index is 2.08. The van der Waals surface area contributed by atoms with Gasteiger partial charge in [-0.05, 0) is 25.3 Å². The van der Waals surface area contributed by atoms with Crippen molar-refractivity contribution in [2.45, 2.75) is 31.7 Å². The van der Waals surface area contributed by atoms with Crippen LogP contribution in [0.25, 0.3) is 0 Å². The van der Waals surface area contributed by atoms with E-state index < -0.39 is 0 Å². The van der Waals surface area contributed by atoms with E-state index in [2.05, 4.69) is 9.97 Å². The quantitative estimate of drug-likeness (QED) is 0.556. The lowest BCUT2D eigenvalue weighted by atomic mass is 10.1. The predicted molar refractivity (Wildman–Crippen MR) is 102 cm³/mol. The van der Waals surface area contributed by atoms with Crippen LogP contribution < -0.4 is 4.74 Å². The standard InChI is InChI=1S/C19H25N3O2S/c1-13(2)17-20-14(3)16(18(21-17)25-5)19(23)22(4)11-12-24-15-9-7-6-8-10-15/h6-10,13H,11-12H2,1-5H3. The maximum absolute atomic E-state index is 12.8. The van der Waals surface area contributed by atoms with Crippen LogP contribution in [0.2, 0.25) is 0 Å². The number of rotatable bonds is 7. The molecule has 2 rings (SSSR count). The molecule has 0 saturated carbocycles. The number of para-hydroxylation sites is 1. The third-order valence-corrected chi connectivity index (χ3v) is 4.47. The maximum Gasteiger partial charge on any atom is 0.258 e. The zero-order chi connectivity index (χ0) is 18.4. The van der Waals surface area contributed by atoms with Gasteiger partial charge in [0.1, 0.15) is 23.2 Å². The Hall–Kier alpha value is -2.08. The third-order valence-electron chi connectivity index (χ3n) is 3.78. The van der Waals surface area contributed by atoms with Gasteiger partial charge in [-0.15, -0.1) is 11.8 Å². The molecule has 0 bridgehead atoms. The number of likely N-dealkylation sites (N-methyl/N-ethyl adjacent to an activating group) is 1. The minimum Gasteiger partial charge on any atom is -0.492 e. The first-order chi connectivity index (χ1) is 11.9. The molecule has 0 atom stereocenters. The van der Waals surface area contributed by atoms with E-state index in [1.165, 1.54) is 11.8 Å². The summed E-state index contributed by atoms with van der Waals surface area (Å²) in [4.78, 5) is 23.6. The summed E-state index contributed by atoms with van der Waals surface area (Å²) in [5.74, 6) is 1.72. The van der Waals surface area contributed by atoms with Crippen LogP contribution in [0.1, 0.15) is 41.6 Å². The Morgan fingerprint density at radius 2 is 1.92 bits per heavy atom. The summed E-state index contributed by atoms with van der Waals surface area (Å²) in [5.41, 5.74) is 1.31. The van der Waals surface area contributed by atoms with Crippen molar-refractivity contribution in [3.05, 3.63) is 47.4 Å². The van der Waals surface area contributed by atoms with Crippen LogP contribution in [0, 0.1) is 6.92 Å². The minimum absolute atomic E-state index is 0.0752. The Labute approximate surface area is 153 Å². The zero-order valence-electron chi connectivity index (χ0n) is 15.4. The molecule has 1 aromatic carbocycles. The molecule has 0 aliphatic rings. The van der Waals surface area contributed by atoms with Crippen molar-refractivity contribution in [3.63, 3.8) is 0 Å². The van der Waals surface area contributed by atoms with E-state index >= 15 is 0 Å².